The van der Waals surface area contributed by atoms with Crippen LogP contribution in [0.15, 0.2) is 25.0 Å². The van der Waals surface area contributed by atoms with Crippen LogP contribution in [0.4, 0.5) is 0 Å². The molecule has 0 aromatic carbocycles. The second kappa shape index (κ2) is 4.85. The van der Waals surface area contributed by atoms with Gasteiger partial charge in [0, 0.05) is 13.8 Å². The highest BCUT2D eigenvalue weighted by Gasteiger charge is 2.36. The molecule has 1 aliphatic rings. The molecule has 2 aromatic heterocycles. The number of aryl methyl sites for hydroxylation is 2. The van der Waals surface area contributed by atoms with Crippen LogP contribution in [-0.4, -0.2) is 9.13 Å². The number of aromatic nitrogens is 4. The van der Waals surface area contributed by atoms with E-state index >= 15 is 0 Å². The van der Waals surface area contributed by atoms with Gasteiger partial charge in [-0.3, -0.25) is 0 Å². The van der Waals surface area contributed by atoms with Gasteiger partial charge in [-0.2, -0.15) is 0 Å². The van der Waals surface area contributed by atoms with Gasteiger partial charge in [-0.1, -0.05) is 0 Å². The van der Waals surface area contributed by atoms with Gasteiger partial charge in [0.25, 0.3) is 0 Å². The van der Waals surface area contributed by atoms with Crippen molar-refractivity contribution in [3.05, 3.63) is 46.9 Å². The standard InChI is InChI=1S/C14H20N4O2/c1-11-7-15(19)9-17(11)13-5-3-4-6-14(13)18-10-16(20)8-12(18)2/h7-10,13-14H,3-6H2,1-2H3/t13-,14-/m1/s1. The van der Waals surface area contributed by atoms with Gasteiger partial charge >= 0.3 is 0 Å². The van der Waals surface area contributed by atoms with Crippen molar-refractivity contribution in [2.24, 2.45) is 0 Å². The Kier molecular flexibility index (Phi) is 3.16. The molecule has 3 rings (SSSR count). The molecule has 1 aliphatic carbocycles. The zero-order chi connectivity index (χ0) is 14.3. The molecule has 108 valence electrons. The molecule has 0 spiro atoms. The molecule has 1 fully saturated rings. The third-order valence-electron chi connectivity index (χ3n) is 4.33. The molecular weight excluding hydrogens is 256 g/mol. The highest BCUT2D eigenvalue weighted by Crippen LogP contribution is 2.38. The highest BCUT2D eigenvalue weighted by atomic mass is 16.5. The quantitative estimate of drug-likeness (QED) is 0.617. The van der Waals surface area contributed by atoms with Gasteiger partial charge in [-0.25, -0.2) is 18.6 Å². The van der Waals surface area contributed by atoms with Crippen LogP contribution in [0.1, 0.15) is 49.2 Å². The van der Waals surface area contributed by atoms with E-state index in [1.807, 2.05) is 13.8 Å². The van der Waals surface area contributed by atoms with Crippen molar-refractivity contribution in [3.8, 4) is 0 Å². The van der Waals surface area contributed by atoms with Gasteiger partial charge in [0.2, 0.25) is 12.7 Å². The molecule has 2 heterocycles. The maximum Gasteiger partial charge on any atom is 0.247 e. The van der Waals surface area contributed by atoms with E-state index in [0.717, 1.165) is 46.5 Å². The summed E-state index contributed by atoms with van der Waals surface area (Å²) in [6.45, 7) is 3.91. The number of imidazole rings is 2. The van der Waals surface area contributed by atoms with Gasteiger partial charge in [-0.05, 0) is 25.7 Å². The van der Waals surface area contributed by atoms with Crippen LogP contribution < -0.4 is 9.46 Å². The summed E-state index contributed by atoms with van der Waals surface area (Å²) in [7, 11) is 0. The van der Waals surface area contributed by atoms with E-state index in [2.05, 4.69) is 9.13 Å². The molecule has 0 bridgehead atoms. The summed E-state index contributed by atoms with van der Waals surface area (Å²) in [6.07, 6.45) is 10.8. The lowest BCUT2D eigenvalue weighted by atomic mass is 9.89. The number of hydrogen-bond acceptors (Lipinski definition) is 2. The zero-order valence-electron chi connectivity index (χ0n) is 11.9. The molecule has 2 atom stereocenters. The van der Waals surface area contributed by atoms with Crippen molar-refractivity contribution in [1.82, 2.24) is 9.13 Å². The molecule has 0 N–H and O–H groups in total. The Labute approximate surface area is 118 Å². The maximum absolute atomic E-state index is 11.5. The highest BCUT2D eigenvalue weighted by molar-refractivity contribution is 5.00. The summed E-state index contributed by atoms with van der Waals surface area (Å²) in [4.78, 5) is 0. The molecule has 0 saturated heterocycles. The van der Waals surface area contributed by atoms with Crippen LogP contribution in [0.25, 0.3) is 0 Å². The number of nitrogens with zero attached hydrogens (tertiary/aromatic N) is 4. The van der Waals surface area contributed by atoms with Gasteiger partial charge in [0.1, 0.15) is 35.9 Å². The van der Waals surface area contributed by atoms with Crippen molar-refractivity contribution in [2.75, 3.05) is 0 Å². The van der Waals surface area contributed by atoms with E-state index in [1.54, 1.807) is 25.0 Å². The van der Waals surface area contributed by atoms with Gasteiger partial charge in [0.15, 0.2) is 0 Å². The second-order valence-electron chi connectivity index (χ2n) is 5.73. The Hall–Kier alpha value is -1.98. The van der Waals surface area contributed by atoms with Gasteiger partial charge < -0.3 is 10.4 Å². The summed E-state index contributed by atoms with van der Waals surface area (Å²) in [5.41, 5.74) is 1.94. The minimum Gasteiger partial charge on any atom is -0.711 e. The molecule has 0 radical (unpaired) electrons. The maximum atomic E-state index is 11.5. The molecular formula is C14H20N4O2. The van der Waals surface area contributed by atoms with Crippen LogP contribution in [0.2, 0.25) is 0 Å². The summed E-state index contributed by atoms with van der Waals surface area (Å²) < 4.78 is 5.84. The molecule has 2 aromatic rings. The van der Waals surface area contributed by atoms with Crippen molar-refractivity contribution in [2.45, 2.75) is 51.6 Å². The predicted octanol–water partition coefficient (Wildman–Crippen LogP) is 1.53. The Morgan fingerprint density at radius 2 is 1.30 bits per heavy atom. The fourth-order valence-electron chi connectivity index (χ4n) is 3.43. The fraction of sp³-hybridized carbons (Fsp3) is 0.571. The molecule has 0 amide bonds. The van der Waals surface area contributed by atoms with Gasteiger partial charge in [0.05, 0.1) is 0 Å². The summed E-state index contributed by atoms with van der Waals surface area (Å²) >= 11 is 0. The lowest BCUT2D eigenvalue weighted by Gasteiger charge is -2.27. The Morgan fingerprint density at radius 1 is 0.900 bits per heavy atom. The second-order valence-corrected chi connectivity index (χ2v) is 5.73. The lowest BCUT2D eigenvalue weighted by Crippen LogP contribution is -2.29. The van der Waals surface area contributed by atoms with Gasteiger partial charge in [-0.15, -0.1) is 0 Å². The fourth-order valence-corrected chi connectivity index (χ4v) is 3.43. The molecule has 6 heteroatoms. The van der Waals surface area contributed by atoms with Crippen LogP contribution in [0, 0.1) is 24.3 Å². The molecule has 1 saturated carbocycles. The molecule has 20 heavy (non-hydrogen) atoms. The average Bonchev–Trinajstić information content (AvgIpc) is 2.91. The Bertz CT molecular complexity index is 562. The van der Waals surface area contributed by atoms with Crippen molar-refractivity contribution >= 4 is 0 Å². The first-order valence-corrected chi connectivity index (χ1v) is 7.11. The van der Waals surface area contributed by atoms with E-state index in [1.165, 1.54) is 0 Å². The summed E-state index contributed by atoms with van der Waals surface area (Å²) in [5.74, 6) is 0. The third-order valence-corrected chi connectivity index (χ3v) is 4.33. The Morgan fingerprint density at radius 3 is 1.60 bits per heavy atom. The van der Waals surface area contributed by atoms with Crippen LogP contribution in [-0.2, 0) is 0 Å². The minimum atomic E-state index is 0.241. The lowest BCUT2D eigenvalue weighted by molar-refractivity contribution is -0.605. The zero-order valence-corrected chi connectivity index (χ0v) is 11.9. The summed E-state index contributed by atoms with van der Waals surface area (Å²) in [5, 5.41) is 23.0. The minimum absolute atomic E-state index is 0.241. The average molecular weight is 276 g/mol. The predicted molar refractivity (Wildman–Crippen MR) is 72.8 cm³/mol. The van der Waals surface area contributed by atoms with E-state index in [9.17, 15) is 10.4 Å². The van der Waals surface area contributed by atoms with E-state index in [4.69, 9.17) is 0 Å². The normalized spacial score (nSPS) is 23.1. The SMILES string of the molecule is Cc1c[n+]([O-])cn1[C@@H]1CCCC[C@H]1n1c[n+]([O-])cc1C. The van der Waals surface area contributed by atoms with Crippen LogP contribution in [0.5, 0.6) is 0 Å². The molecule has 0 aliphatic heterocycles. The van der Waals surface area contributed by atoms with Crippen molar-refractivity contribution in [3.63, 3.8) is 0 Å². The van der Waals surface area contributed by atoms with E-state index in [-0.39, 0.29) is 12.1 Å². The smallest absolute Gasteiger partial charge is 0.247 e. The third kappa shape index (κ3) is 2.15. The van der Waals surface area contributed by atoms with Crippen LogP contribution in [0.3, 0.4) is 0 Å². The Balaban J connectivity index is 1.99. The van der Waals surface area contributed by atoms with E-state index in [0.29, 0.717) is 0 Å². The molecule has 6 nitrogen and oxygen atoms in total. The van der Waals surface area contributed by atoms with Crippen molar-refractivity contribution < 1.29 is 9.46 Å². The first-order valence-electron chi connectivity index (χ1n) is 7.11. The first kappa shape index (κ1) is 13.0. The first-order chi connectivity index (χ1) is 9.56. The monoisotopic (exact) mass is 276 g/mol. The van der Waals surface area contributed by atoms with Crippen LogP contribution >= 0.6 is 0 Å². The summed E-state index contributed by atoms with van der Waals surface area (Å²) in [6, 6.07) is 0.482. The van der Waals surface area contributed by atoms with Crippen molar-refractivity contribution in [1.29, 1.82) is 0 Å². The van der Waals surface area contributed by atoms with E-state index < -0.39 is 0 Å². The number of rotatable bonds is 2. The number of hydrogen-bond donors (Lipinski definition) is 0. The molecule has 0 unspecified atom stereocenters. The largest absolute Gasteiger partial charge is 0.711 e. The topological polar surface area (TPSA) is 63.7 Å².